The van der Waals surface area contributed by atoms with Crippen LogP contribution in [0.5, 0.6) is 0 Å². The SMILES string of the molecule is c1cc(-c2ccc[nH]2)cc(N2CCCC2)c1. The van der Waals surface area contributed by atoms with Crippen LogP contribution in [0.15, 0.2) is 42.6 Å². The maximum absolute atomic E-state index is 3.25. The number of H-pyrrole nitrogens is 1. The maximum atomic E-state index is 3.25. The summed E-state index contributed by atoms with van der Waals surface area (Å²) in [6.45, 7) is 2.41. The Morgan fingerprint density at radius 2 is 1.88 bits per heavy atom. The van der Waals surface area contributed by atoms with Crippen molar-refractivity contribution in [1.82, 2.24) is 4.98 Å². The molecular formula is C14H16N2. The van der Waals surface area contributed by atoms with E-state index in [1.54, 1.807) is 0 Å². The summed E-state index contributed by atoms with van der Waals surface area (Å²) in [5.41, 5.74) is 3.82. The predicted octanol–water partition coefficient (Wildman–Crippen LogP) is 3.28. The fourth-order valence-corrected chi connectivity index (χ4v) is 2.36. The Hall–Kier alpha value is -1.70. The summed E-state index contributed by atoms with van der Waals surface area (Å²) in [5, 5.41) is 0. The van der Waals surface area contributed by atoms with Gasteiger partial charge in [-0.05, 0) is 42.7 Å². The zero-order valence-corrected chi connectivity index (χ0v) is 9.32. The lowest BCUT2D eigenvalue weighted by atomic mass is 10.1. The average Bonchev–Trinajstić information content (AvgIpc) is 3.03. The number of aromatic amines is 1. The van der Waals surface area contributed by atoms with Crippen LogP contribution in [0, 0.1) is 0 Å². The fraction of sp³-hybridized carbons (Fsp3) is 0.286. The molecule has 0 spiro atoms. The second-order valence-corrected chi connectivity index (χ2v) is 4.33. The molecule has 0 bridgehead atoms. The first kappa shape index (κ1) is 9.52. The van der Waals surface area contributed by atoms with Crippen molar-refractivity contribution < 1.29 is 0 Å². The second-order valence-electron chi connectivity index (χ2n) is 4.33. The minimum Gasteiger partial charge on any atom is -0.372 e. The summed E-state index contributed by atoms with van der Waals surface area (Å²) in [5.74, 6) is 0. The lowest BCUT2D eigenvalue weighted by molar-refractivity contribution is 0.949. The number of anilines is 1. The molecule has 82 valence electrons. The van der Waals surface area contributed by atoms with E-state index in [9.17, 15) is 0 Å². The van der Waals surface area contributed by atoms with Crippen molar-refractivity contribution in [2.45, 2.75) is 12.8 Å². The molecule has 1 aliphatic rings. The first-order valence-corrected chi connectivity index (χ1v) is 5.92. The standard InChI is InChI=1S/C14H16N2/c1-2-10-16(9-1)13-6-3-5-12(11-13)14-7-4-8-15-14/h3-8,11,15H,1-2,9-10H2. The van der Waals surface area contributed by atoms with Crippen molar-refractivity contribution in [2.75, 3.05) is 18.0 Å². The van der Waals surface area contributed by atoms with Crippen molar-refractivity contribution in [3.05, 3.63) is 42.6 Å². The van der Waals surface area contributed by atoms with E-state index >= 15 is 0 Å². The number of nitrogens with zero attached hydrogens (tertiary/aromatic N) is 1. The van der Waals surface area contributed by atoms with Crippen LogP contribution in [0.25, 0.3) is 11.3 Å². The third-order valence-electron chi connectivity index (χ3n) is 3.23. The molecule has 0 atom stereocenters. The van der Waals surface area contributed by atoms with Crippen LogP contribution >= 0.6 is 0 Å². The van der Waals surface area contributed by atoms with Crippen LogP contribution in [-0.4, -0.2) is 18.1 Å². The number of hydrogen-bond donors (Lipinski definition) is 1. The topological polar surface area (TPSA) is 19.0 Å². The lowest BCUT2D eigenvalue weighted by Crippen LogP contribution is -2.17. The molecule has 0 radical (unpaired) electrons. The van der Waals surface area contributed by atoms with E-state index in [1.807, 2.05) is 12.3 Å². The monoisotopic (exact) mass is 212 g/mol. The molecule has 2 aromatic rings. The van der Waals surface area contributed by atoms with Crippen LogP contribution < -0.4 is 4.90 Å². The second kappa shape index (κ2) is 4.05. The van der Waals surface area contributed by atoms with Crippen LogP contribution in [0.4, 0.5) is 5.69 Å². The molecule has 16 heavy (non-hydrogen) atoms. The van der Waals surface area contributed by atoms with Crippen LogP contribution in [0.2, 0.25) is 0 Å². The molecule has 1 aromatic heterocycles. The molecule has 3 rings (SSSR count). The molecule has 1 saturated heterocycles. The number of rotatable bonds is 2. The Kier molecular flexibility index (Phi) is 2.41. The molecule has 2 nitrogen and oxygen atoms in total. The summed E-state index contributed by atoms with van der Waals surface area (Å²) in [6, 6.07) is 12.9. The first-order chi connectivity index (χ1) is 7.93. The van der Waals surface area contributed by atoms with Crippen molar-refractivity contribution in [1.29, 1.82) is 0 Å². The largest absolute Gasteiger partial charge is 0.372 e. The van der Waals surface area contributed by atoms with E-state index in [1.165, 1.54) is 42.9 Å². The van der Waals surface area contributed by atoms with Gasteiger partial charge in [-0.25, -0.2) is 0 Å². The molecular weight excluding hydrogens is 196 g/mol. The van der Waals surface area contributed by atoms with Gasteiger partial charge in [0.15, 0.2) is 0 Å². The highest BCUT2D eigenvalue weighted by molar-refractivity contribution is 5.65. The molecule has 0 amide bonds. The number of benzene rings is 1. The van der Waals surface area contributed by atoms with Gasteiger partial charge in [0, 0.05) is 30.7 Å². The van der Waals surface area contributed by atoms with Crippen molar-refractivity contribution in [3.63, 3.8) is 0 Å². The molecule has 0 aliphatic carbocycles. The predicted molar refractivity (Wildman–Crippen MR) is 67.7 cm³/mol. The number of nitrogens with one attached hydrogen (secondary N) is 1. The minimum atomic E-state index is 1.20. The zero-order chi connectivity index (χ0) is 10.8. The summed E-state index contributed by atoms with van der Waals surface area (Å²) in [4.78, 5) is 5.72. The number of hydrogen-bond acceptors (Lipinski definition) is 1. The lowest BCUT2D eigenvalue weighted by Gasteiger charge is -2.18. The summed E-state index contributed by atoms with van der Waals surface area (Å²) >= 11 is 0. The Morgan fingerprint density at radius 3 is 2.62 bits per heavy atom. The smallest absolute Gasteiger partial charge is 0.0454 e. The first-order valence-electron chi connectivity index (χ1n) is 5.92. The molecule has 0 unspecified atom stereocenters. The van der Waals surface area contributed by atoms with E-state index < -0.39 is 0 Å². The quantitative estimate of drug-likeness (QED) is 0.809. The van der Waals surface area contributed by atoms with E-state index in [0.29, 0.717) is 0 Å². The summed E-state index contributed by atoms with van der Waals surface area (Å²) < 4.78 is 0. The Balaban J connectivity index is 1.93. The normalized spacial score (nSPS) is 15.6. The highest BCUT2D eigenvalue weighted by atomic mass is 15.1. The van der Waals surface area contributed by atoms with Gasteiger partial charge in [0.2, 0.25) is 0 Å². The Morgan fingerprint density at radius 1 is 1.00 bits per heavy atom. The Bertz CT molecular complexity index is 453. The summed E-state index contributed by atoms with van der Waals surface area (Å²) in [6.07, 6.45) is 4.62. The van der Waals surface area contributed by atoms with Gasteiger partial charge < -0.3 is 9.88 Å². The highest BCUT2D eigenvalue weighted by Gasteiger charge is 2.12. The molecule has 2 heteroatoms. The third-order valence-corrected chi connectivity index (χ3v) is 3.23. The van der Waals surface area contributed by atoms with Crippen molar-refractivity contribution in [3.8, 4) is 11.3 Å². The fourth-order valence-electron chi connectivity index (χ4n) is 2.36. The van der Waals surface area contributed by atoms with Crippen molar-refractivity contribution >= 4 is 5.69 Å². The average molecular weight is 212 g/mol. The Labute approximate surface area is 95.9 Å². The molecule has 1 fully saturated rings. The van der Waals surface area contributed by atoms with Gasteiger partial charge >= 0.3 is 0 Å². The van der Waals surface area contributed by atoms with Crippen LogP contribution in [0.1, 0.15) is 12.8 Å². The van der Waals surface area contributed by atoms with Gasteiger partial charge in [0.25, 0.3) is 0 Å². The van der Waals surface area contributed by atoms with E-state index in [-0.39, 0.29) is 0 Å². The van der Waals surface area contributed by atoms with Gasteiger partial charge in [0.05, 0.1) is 0 Å². The van der Waals surface area contributed by atoms with Gasteiger partial charge in [-0.3, -0.25) is 0 Å². The van der Waals surface area contributed by atoms with E-state index in [4.69, 9.17) is 0 Å². The minimum absolute atomic E-state index is 1.20. The molecule has 1 aliphatic heterocycles. The molecule has 1 N–H and O–H groups in total. The van der Waals surface area contributed by atoms with Crippen LogP contribution in [0.3, 0.4) is 0 Å². The van der Waals surface area contributed by atoms with Crippen LogP contribution in [-0.2, 0) is 0 Å². The molecule has 2 heterocycles. The van der Waals surface area contributed by atoms with E-state index in [2.05, 4.69) is 40.2 Å². The molecule has 0 saturated carbocycles. The van der Waals surface area contributed by atoms with Crippen molar-refractivity contribution in [2.24, 2.45) is 0 Å². The van der Waals surface area contributed by atoms with Gasteiger partial charge in [0.1, 0.15) is 0 Å². The van der Waals surface area contributed by atoms with Gasteiger partial charge in [-0.2, -0.15) is 0 Å². The van der Waals surface area contributed by atoms with Gasteiger partial charge in [-0.15, -0.1) is 0 Å². The number of aromatic nitrogens is 1. The third kappa shape index (κ3) is 1.71. The molecule has 1 aromatic carbocycles. The van der Waals surface area contributed by atoms with E-state index in [0.717, 1.165) is 0 Å². The summed E-state index contributed by atoms with van der Waals surface area (Å²) in [7, 11) is 0. The highest BCUT2D eigenvalue weighted by Crippen LogP contribution is 2.25. The van der Waals surface area contributed by atoms with Gasteiger partial charge in [-0.1, -0.05) is 12.1 Å². The maximum Gasteiger partial charge on any atom is 0.0454 e. The zero-order valence-electron chi connectivity index (χ0n) is 9.32.